The highest BCUT2D eigenvalue weighted by atomic mass is 35.5. The molecule has 0 saturated carbocycles. The minimum absolute atomic E-state index is 0.0503. The molecule has 0 bridgehead atoms. The van der Waals surface area contributed by atoms with Gasteiger partial charge in [-0.1, -0.05) is 48.0 Å². The highest BCUT2D eigenvalue weighted by Gasteiger charge is 2.31. The van der Waals surface area contributed by atoms with E-state index in [2.05, 4.69) is 10.6 Å². The van der Waals surface area contributed by atoms with Gasteiger partial charge in [-0.2, -0.15) is 0 Å². The zero-order valence-corrected chi connectivity index (χ0v) is 15.5. The van der Waals surface area contributed by atoms with Crippen LogP contribution >= 0.6 is 11.6 Å². The molecule has 1 aliphatic heterocycles. The van der Waals surface area contributed by atoms with E-state index in [4.69, 9.17) is 11.6 Å². The Labute approximate surface area is 162 Å². The molecule has 2 amide bonds. The van der Waals surface area contributed by atoms with Crippen LogP contribution in [0.2, 0.25) is 5.02 Å². The van der Waals surface area contributed by atoms with Gasteiger partial charge in [0, 0.05) is 26.2 Å². The third-order valence-corrected chi connectivity index (χ3v) is 4.83. The molecule has 0 radical (unpaired) electrons. The first-order valence-electron chi connectivity index (χ1n) is 8.79. The Morgan fingerprint density at radius 2 is 2.00 bits per heavy atom. The van der Waals surface area contributed by atoms with Gasteiger partial charge >= 0.3 is 0 Å². The van der Waals surface area contributed by atoms with E-state index < -0.39 is 11.9 Å². The van der Waals surface area contributed by atoms with Gasteiger partial charge in [0.15, 0.2) is 0 Å². The van der Waals surface area contributed by atoms with E-state index in [0.29, 0.717) is 31.7 Å². The molecule has 1 unspecified atom stereocenters. The molecular weight excluding hydrogens is 369 g/mol. The minimum atomic E-state index is -0.590. The van der Waals surface area contributed by atoms with Crippen molar-refractivity contribution in [2.45, 2.75) is 25.6 Å². The van der Waals surface area contributed by atoms with Gasteiger partial charge in [0.25, 0.3) is 0 Å². The summed E-state index contributed by atoms with van der Waals surface area (Å²) in [6.07, 6.45) is 0.0503. The summed E-state index contributed by atoms with van der Waals surface area (Å²) in [5, 5.41) is 5.70. The van der Waals surface area contributed by atoms with Gasteiger partial charge in [0.1, 0.15) is 5.82 Å². The topological polar surface area (TPSA) is 61.4 Å². The molecule has 1 saturated heterocycles. The largest absolute Gasteiger partial charge is 0.353 e. The molecule has 3 rings (SSSR count). The summed E-state index contributed by atoms with van der Waals surface area (Å²) in [5.74, 6) is -0.883. The molecule has 0 aliphatic carbocycles. The lowest BCUT2D eigenvalue weighted by molar-refractivity contribution is -0.134. The highest BCUT2D eigenvalue weighted by molar-refractivity contribution is 6.30. The lowest BCUT2D eigenvalue weighted by Gasteiger charge is -2.34. The summed E-state index contributed by atoms with van der Waals surface area (Å²) in [4.78, 5) is 26.5. The minimum Gasteiger partial charge on any atom is -0.353 e. The van der Waals surface area contributed by atoms with Crippen LogP contribution in [0.25, 0.3) is 0 Å². The number of hydrogen-bond donors (Lipinski definition) is 2. The van der Waals surface area contributed by atoms with E-state index in [1.165, 1.54) is 12.1 Å². The van der Waals surface area contributed by atoms with Crippen LogP contribution in [0.5, 0.6) is 0 Å². The van der Waals surface area contributed by atoms with Crippen LogP contribution in [0.4, 0.5) is 4.39 Å². The van der Waals surface area contributed by atoms with Crippen LogP contribution in [0.3, 0.4) is 0 Å². The molecule has 7 heteroatoms. The molecule has 1 heterocycles. The monoisotopic (exact) mass is 389 g/mol. The molecular formula is C20H21ClFN3O2. The average Bonchev–Trinajstić information content (AvgIpc) is 2.67. The second kappa shape index (κ2) is 8.97. The summed E-state index contributed by atoms with van der Waals surface area (Å²) >= 11 is 5.72. The summed E-state index contributed by atoms with van der Waals surface area (Å²) in [6, 6.07) is 13.6. The first-order chi connectivity index (χ1) is 13.0. The van der Waals surface area contributed by atoms with Crippen LogP contribution in [0.15, 0.2) is 48.5 Å². The van der Waals surface area contributed by atoms with Gasteiger partial charge in [-0.3, -0.25) is 14.5 Å². The quantitative estimate of drug-likeness (QED) is 0.798. The highest BCUT2D eigenvalue weighted by Crippen LogP contribution is 2.19. The Bertz CT molecular complexity index is 816. The Morgan fingerprint density at radius 3 is 2.74 bits per heavy atom. The van der Waals surface area contributed by atoms with Gasteiger partial charge in [0.05, 0.1) is 17.5 Å². The van der Waals surface area contributed by atoms with Crippen molar-refractivity contribution in [2.75, 3.05) is 13.1 Å². The van der Waals surface area contributed by atoms with Crippen LogP contribution in [-0.2, 0) is 22.7 Å². The van der Waals surface area contributed by atoms with E-state index in [9.17, 15) is 14.0 Å². The van der Waals surface area contributed by atoms with Gasteiger partial charge < -0.3 is 10.6 Å². The molecule has 0 aromatic heterocycles. The van der Waals surface area contributed by atoms with Crippen molar-refractivity contribution in [1.29, 1.82) is 0 Å². The van der Waals surface area contributed by atoms with Gasteiger partial charge in [-0.15, -0.1) is 0 Å². The number of halogens is 2. The maximum Gasteiger partial charge on any atom is 0.237 e. The third kappa shape index (κ3) is 5.28. The average molecular weight is 390 g/mol. The van der Waals surface area contributed by atoms with Crippen molar-refractivity contribution in [2.24, 2.45) is 0 Å². The Kier molecular flexibility index (Phi) is 6.42. The number of hydrogen-bond acceptors (Lipinski definition) is 3. The zero-order valence-electron chi connectivity index (χ0n) is 14.8. The van der Waals surface area contributed by atoms with E-state index in [1.807, 2.05) is 35.2 Å². The van der Waals surface area contributed by atoms with Crippen LogP contribution in [0, 0.1) is 5.82 Å². The number of carbonyl (C=O) groups excluding carboxylic acids is 2. The molecule has 1 atom stereocenters. The first kappa shape index (κ1) is 19.3. The van der Waals surface area contributed by atoms with Crippen molar-refractivity contribution >= 4 is 23.4 Å². The number of piperazine rings is 1. The summed E-state index contributed by atoms with van der Waals surface area (Å²) in [6.45, 7) is 1.87. The van der Waals surface area contributed by atoms with Crippen molar-refractivity contribution in [3.8, 4) is 0 Å². The lowest BCUT2D eigenvalue weighted by atomic mass is 10.1. The molecule has 2 N–H and O–H groups in total. The molecule has 1 fully saturated rings. The van der Waals surface area contributed by atoms with Crippen molar-refractivity contribution in [1.82, 2.24) is 15.5 Å². The molecule has 5 nitrogen and oxygen atoms in total. The predicted octanol–water partition coefficient (Wildman–Crippen LogP) is 2.49. The molecule has 27 heavy (non-hydrogen) atoms. The summed E-state index contributed by atoms with van der Waals surface area (Å²) in [5.41, 5.74) is 1.70. The van der Waals surface area contributed by atoms with E-state index in [1.54, 1.807) is 6.07 Å². The summed E-state index contributed by atoms with van der Waals surface area (Å²) < 4.78 is 13.7. The van der Waals surface area contributed by atoms with Crippen molar-refractivity contribution < 1.29 is 14.0 Å². The van der Waals surface area contributed by atoms with E-state index >= 15 is 0 Å². The van der Waals surface area contributed by atoms with Gasteiger partial charge in [-0.05, 0) is 23.3 Å². The number of rotatable bonds is 6. The maximum absolute atomic E-state index is 13.7. The number of nitrogens with one attached hydrogen (secondary N) is 2. The fourth-order valence-electron chi connectivity index (χ4n) is 3.09. The Balaban J connectivity index is 1.62. The molecule has 142 valence electrons. The van der Waals surface area contributed by atoms with Gasteiger partial charge in [-0.25, -0.2) is 4.39 Å². The smallest absolute Gasteiger partial charge is 0.237 e. The molecule has 2 aromatic carbocycles. The number of nitrogens with zero attached hydrogens (tertiary/aromatic N) is 1. The maximum atomic E-state index is 13.7. The third-order valence-electron chi connectivity index (χ3n) is 4.52. The SMILES string of the molecule is O=C(CC1C(=O)NCCN1Cc1ccc(Cl)c(F)c1)NCc1ccccc1. The lowest BCUT2D eigenvalue weighted by Crippen LogP contribution is -2.56. The first-order valence-corrected chi connectivity index (χ1v) is 9.17. The fraction of sp³-hybridized carbons (Fsp3) is 0.300. The normalized spacial score (nSPS) is 17.4. The fourth-order valence-corrected chi connectivity index (χ4v) is 3.21. The van der Waals surface area contributed by atoms with Crippen LogP contribution in [-0.4, -0.2) is 35.8 Å². The number of benzene rings is 2. The number of amides is 2. The van der Waals surface area contributed by atoms with E-state index in [-0.39, 0.29) is 23.3 Å². The second-order valence-corrected chi connectivity index (χ2v) is 6.90. The van der Waals surface area contributed by atoms with Crippen LogP contribution in [0.1, 0.15) is 17.5 Å². The van der Waals surface area contributed by atoms with E-state index in [0.717, 1.165) is 5.56 Å². The molecule has 0 spiro atoms. The van der Waals surface area contributed by atoms with Crippen LogP contribution < -0.4 is 10.6 Å². The Hall–Kier alpha value is -2.44. The summed E-state index contributed by atoms with van der Waals surface area (Å²) in [7, 11) is 0. The zero-order chi connectivity index (χ0) is 19.2. The predicted molar refractivity (Wildman–Crippen MR) is 102 cm³/mol. The molecule has 1 aliphatic rings. The van der Waals surface area contributed by atoms with Gasteiger partial charge in [0.2, 0.25) is 11.8 Å². The van der Waals surface area contributed by atoms with Crippen molar-refractivity contribution in [3.63, 3.8) is 0 Å². The number of carbonyl (C=O) groups is 2. The molecule has 2 aromatic rings. The van der Waals surface area contributed by atoms with Crippen molar-refractivity contribution in [3.05, 3.63) is 70.5 Å². The Morgan fingerprint density at radius 1 is 1.22 bits per heavy atom. The standard InChI is InChI=1S/C20H21ClFN3O2/c21-16-7-6-15(10-17(16)22)13-25-9-8-23-20(27)18(25)11-19(26)24-12-14-4-2-1-3-5-14/h1-7,10,18H,8-9,11-13H2,(H,23,27)(H,24,26). The second-order valence-electron chi connectivity index (χ2n) is 6.49.